The van der Waals surface area contributed by atoms with Crippen LogP contribution in [0.1, 0.15) is 32.3 Å². The van der Waals surface area contributed by atoms with Crippen LogP contribution < -0.4 is 5.32 Å². The molecule has 0 bridgehead atoms. The zero-order valence-electron chi connectivity index (χ0n) is 18.5. The van der Waals surface area contributed by atoms with Gasteiger partial charge in [0.25, 0.3) is 0 Å². The van der Waals surface area contributed by atoms with Gasteiger partial charge in [0, 0.05) is 39.8 Å². The van der Waals surface area contributed by atoms with Crippen molar-refractivity contribution in [3.05, 3.63) is 35.4 Å². The number of guanidine groups is 1. The molecule has 1 fully saturated rings. The highest BCUT2D eigenvalue weighted by Crippen LogP contribution is 2.17. The van der Waals surface area contributed by atoms with Gasteiger partial charge in [-0.1, -0.05) is 13.0 Å². The van der Waals surface area contributed by atoms with Crippen LogP contribution in [0.2, 0.25) is 0 Å². The lowest BCUT2D eigenvalue weighted by Crippen LogP contribution is -2.54. The zero-order chi connectivity index (χ0) is 22.3. The quantitative estimate of drug-likeness (QED) is 0.294. The topological polar surface area (TPSA) is 74.2 Å². The van der Waals surface area contributed by atoms with E-state index in [2.05, 4.69) is 10.3 Å². The fraction of sp³-hybridized carbons (Fsp3) is 0.650. The molecule has 11 heteroatoms. The summed E-state index contributed by atoms with van der Waals surface area (Å²) < 4.78 is 58.4. The Morgan fingerprint density at radius 2 is 1.81 bits per heavy atom. The molecule has 0 aromatic heterocycles. The second-order valence-corrected chi connectivity index (χ2v) is 9.71. The molecule has 0 aliphatic carbocycles. The Balaban J connectivity index is 0.00000480. The number of nitrogens with one attached hydrogen (secondary N) is 1. The molecule has 1 saturated heterocycles. The van der Waals surface area contributed by atoms with Crippen LogP contribution in [0.4, 0.5) is 8.78 Å². The van der Waals surface area contributed by atoms with Crippen molar-refractivity contribution >= 4 is 40.0 Å². The Kier molecular flexibility index (Phi) is 11.6. The smallest absolute Gasteiger partial charge is 0.216 e. The first kappa shape index (κ1) is 28.0. The average molecular weight is 574 g/mol. The highest BCUT2D eigenvalue weighted by atomic mass is 127. The molecule has 1 aromatic rings. The van der Waals surface area contributed by atoms with E-state index in [-0.39, 0.29) is 48.4 Å². The molecule has 1 heterocycles. The molecule has 7 nitrogen and oxygen atoms in total. The van der Waals surface area contributed by atoms with E-state index in [0.717, 1.165) is 6.07 Å². The van der Waals surface area contributed by atoms with E-state index in [1.165, 1.54) is 10.4 Å². The Hall–Kier alpha value is -1.05. The Morgan fingerprint density at radius 1 is 1.16 bits per heavy atom. The van der Waals surface area contributed by atoms with E-state index in [1.807, 2.05) is 25.7 Å². The minimum Gasteiger partial charge on any atom is -0.378 e. The lowest BCUT2D eigenvalue weighted by atomic mass is 10.0. The summed E-state index contributed by atoms with van der Waals surface area (Å²) in [5.41, 5.74) is 0.691. The molecule has 1 unspecified atom stereocenters. The summed E-state index contributed by atoms with van der Waals surface area (Å²) in [5, 5.41) is 3.24. The summed E-state index contributed by atoms with van der Waals surface area (Å²) >= 11 is 0. The van der Waals surface area contributed by atoms with Crippen LogP contribution in [0.5, 0.6) is 0 Å². The standard InChI is InChI=1S/C20H32F2N4O3S.HI/c1-15(2)29-11-12-30(27,28)26-9-7-25(8-10-26)20(23-4)24-14-16(3)17-5-6-18(21)19(22)13-17;/h5-6,13,15-16H,7-12,14H2,1-4H3,(H,23,24);1H. The van der Waals surface area contributed by atoms with E-state index in [4.69, 9.17) is 4.74 Å². The maximum atomic E-state index is 13.5. The summed E-state index contributed by atoms with van der Waals surface area (Å²) in [6.45, 7) is 8.12. The molecule has 1 N–H and O–H groups in total. The number of benzene rings is 1. The van der Waals surface area contributed by atoms with Crippen LogP contribution in [0, 0.1) is 11.6 Å². The van der Waals surface area contributed by atoms with Gasteiger partial charge in [-0.05, 0) is 37.5 Å². The minimum atomic E-state index is -3.35. The van der Waals surface area contributed by atoms with Gasteiger partial charge in [0.15, 0.2) is 17.6 Å². The molecular formula is C20H33F2IN4O3S. The van der Waals surface area contributed by atoms with E-state index in [9.17, 15) is 17.2 Å². The number of piperazine rings is 1. The number of hydrogen-bond donors (Lipinski definition) is 1. The molecular weight excluding hydrogens is 541 g/mol. The second kappa shape index (κ2) is 12.9. The van der Waals surface area contributed by atoms with Crippen molar-refractivity contribution in [3.63, 3.8) is 0 Å². The normalized spacial score (nSPS) is 16.9. The Morgan fingerprint density at radius 3 is 2.35 bits per heavy atom. The Bertz CT molecular complexity index is 832. The van der Waals surface area contributed by atoms with Gasteiger partial charge in [-0.25, -0.2) is 17.2 Å². The minimum absolute atomic E-state index is 0. The molecule has 31 heavy (non-hydrogen) atoms. The van der Waals surface area contributed by atoms with Gasteiger partial charge in [-0.15, -0.1) is 24.0 Å². The molecule has 1 aliphatic rings. The van der Waals surface area contributed by atoms with Crippen LogP contribution in [0.15, 0.2) is 23.2 Å². The summed E-state index contributed by atoms with van der Waals surface area (Å²) in [4.78, 5) is 6.27. The van der Waals surface area contributed by atoms with Crippen molar-refractivity contribution in [1.82, 2.24) is 14.5 Å². The van der Waals surface area contributed by atoms with Gasteiger partial charge >= 0.3 is 0 Å². The summed E-state index contributed by atoms with van der Waals surface area (Å²) in [5.74, 6) is -1.15. The fourth-order valence-corrected chi connectivity index (χ4v) is 4.49. The largest absolute Gasteiger partial charge is 0.378 e. The van der Waals surface area contributed by atoms with Crippen LogP contribution in [-0.2, 0) is 14.8 Å². The van der Waals surface area contributed by atoms with Crippen molar-refractivity contribution in [2.24, 2.45) is 4.99 Å². The van der Waals surface area contributed by atoms with E-state index in [1.54, 1.807) is 13.1 Å². The van der Waals surface area contributed by atoms with Crippen LogP contribution in [-0.4, -0.2) is 81.8 Å². The summed E-state index contributed by atoms with van der Waals surface area (Å²) in [6, 6.07) is 3.90. The van der Waals surface area contributed by atoms with Crippen LogP contribution in [0.3, 0.4) is 0 Å². The summed E-state index contributed by atoms with van der Waals surface area (Å²) in [6.07, 6.45) is 0.000222. The van der Waals surface area contributed by atoms with Gasteiger partial charge in [-0.2, -0.15) is 4.31 Å². The monoisotopic (exact) mass is 574 g/mol. The van der Waals surface area contributed by atoms with Crippen molar-refractivity contribution in [3.8, 4) is 0 Å². The van der Waals surface area contributed by atoms with Gasteiger partial charge in [-0.3, -0.25) is 4.99 Å². The SMILES string of the molecule is CN=C(NCC(C)c1ccc(F)c(F)c1)N1CCN(S(=O)(=O)CCOC(C)C)CC1.I. The van der Waals surface area contributed by atoms with E-state index < -0.39 is 21.7 Å². The number of rotatable bonds is 8. The highest BCUT2D eigenvalue weighted by molar-refractivity contribution is 14.0. The van der Waals surface area contributed by atoms with Crippen molar-refractivity contribution in [1.29, 1.82) is 0 Å². The lowest BCUT2D eigenvalue weighted by molar-refractivity contribution is 0.0904. The molecule has 0 saturated carbocycles. The van der Waals surface area contributed by atoms with Crippen LogP contribution >= 0.6 is 24.0 Å². The third-order valence-electron chi connectivity index (χ3n) is 5.01. The van der Waals surface area contributed by atoms with Crippen molar-refractivity contribution in [2.45, 2.75) is 32.8 Å². The highest BCUT2D eigenvalue weighted by Gasteiger charge is 2.28. The maximum Gasteiger partial charge on any atom is 0.216 e. The summed E-state index contributed by atoms with van der Waals surface area (Å²) in [7, 11) is -1.69. The first-order valence-electron chi connectivity index (χ1n) is 10.1. The maximum absolute atomic E-state index is 13.5. The van der Waals surface area contributed by atoms with Crippen molar-refractivity contribution in [2.75, 3.05) is 52.1 Å². The van der Waals surface area contributed by atoms with Gasteiger partial charge in [0.05, 0.1) is 18.5 Å². The number of aliphatic imine (C=N–C) groups is 1. The van der Waals surface area contributed by atoms with Gasteiger partial charge < -0.3 is 15.0 Å². The molecule has 1 aliphatic heterocycles. The number of hydrogen-bond acceptors (Lipinski definition) is 4. The van der Waals surface area contributed by atoms with Gasteiger partial charge in [0.2, 0.25) is 10.0 Å². The third-order valence-corrected chi connectivity index (χ3v) is 6.85. The van der Waals surface area contributed by atoms with E-state index >= 15 is 0 Å². The molecule has 0 spiro atoms. The number of ether oxygens (including phenoxy) is 1. The van der Waals surface area contributed by atoms with Crippen molar-refractivity contribution < 1.29 is 21.9 Å². The number of nitrogens with zero attached hydrogens (tertiary/aromatic N) is 3. The number of sulfonamides is 1. The lowest BCUT2D eigenvalue weighted by Gasteiger charge is -2.36. The van der Waals surface area contributed by atoms with Crippen LogP contribution in [0.25, 0.3) is 0 Å². The van der Waals surface area contributed by atoms with E-state index in [0.29, 0.717) is 44.2 Å². The molecule has 178 valence electrons. The molecule has 2 rings (SSSR count). The number of halogens is 3. The fourth-order valence-electron chi connectivity index (χ4n) is 3.21. The second-order valence-electron chi connectivity index (χ2n) is 7.62. The predicted octanol–water partition coefficient (Wildman–Crippen LogP) is 2.63. The molecule has 1 aromatic carbocycles. The molecule has 0 amide bonds. The first-order chi connectivity index (χ1) is 14.1. The van der Waals surface area contributed by atoms with Gasteiger partial charge in [0.1, 0.15) is 0 Å². The Labute approximate surface area is 201 Å². The zero-order valence-corrected chi connectivity index (χ0v) is 21.6. The predicted molar refractivity (Wildman–Crippen MR) is 130 cm³/mol. The average Bonchev–Trinajstić information content (AvgIpc) is 2.70. The molecule has 1 atom stereocenters. The first-order valence-corrected chi connectivity index (χ1v) is 11.7. The molecule has 0 radical (unpaired) electrons. The third kappa shape index (κ3) is 8.43.